The average molecular weight is 549 g/mol. The molecule has 0 unspecified atom stereocenters. The van der Waals surface area contributed by atoms with Crippen LogP contribution in [0.4, 0.5) is 5.82 Å². The van der Waals surface area contributed by atoms with Gasteiger partial charge in [-0.25, -0.2) is 19.5 Å². The highest BCUT2D eigenvalue weighted by Gasteiger charge is 2.49. The van der Waals surface area contributed by atoms with E-state index in [9.17, 15) is 19.6 Å². The summed E-state index contributed by atoms with van der Waals surface area (Å²) in [6.07, 6.45) is 0.000447. The number of anilines is 1. The molecule has 206 valence electrons. The molecule has 14 heteroatoms. The van der Waals surface area contributed by atoms with Gasteiger partial charge in [-0.3, -0.25) is 9.32 Å². The van der Waals surface area contributed by atoms with Gasteiger partial charge in [0.15, 0.2) is 11.5 Å². The van der Waals surface area contributed by atoms with Gasteiger partial charge in [0, 0.05) is 5.92 Å². The van der Waals surface area contributed by atoms with Gasteiger partial charge in [0.1, 0.15) is 29.7 Å². The Bertz CT molecular complexity index is 1310. The van der Waals surface area contributed by atoms with Crippen molar-refractivity contribution >= 4 is 30.7 Å². The van der Waals surface area contributed by atoms with Crippen LogP contribution in [0.5, 0.6) is 5.75 Å². The first-order chi connectivity index (χ1) is 18.0. The average Bonchev–Trinajstić information content (AvgIpc) is 3.37. The Labute approximate surface area is 219 Å². The lowest BCUT2D eigenvalue weighted by Gasteiger charge is -2.26. The Hall–Kier alpha value is -3.09. The van der Waals surface area contributed by atoms with Crippen molar-refractivity contribution in [3.63, 3.8) is 0 Å². The number of benzene rings is 1. The topological polar surface area (TPSA) is 184 Å². The van der Waals surface area contributed by atoms with Crippen LogP contribution in [0.15, 0.2) is 43.0 Å². The van der Waals surface area contributed by atoms with Crippen molar-refractivity contribution in [3.05, 3.63) is 43.0 Å². The molecule has 2 aromatic heterocycles. The smallest absolute Gasteiger partial charge is 0.459 e. The normalized spacial score (nSPS) is 25.8. The van der Waals surface area contributed by atoms with E-state index < -0.39 is 43.9 Å². The quantitative estimate of drug-likeness (QED) is 0.214. The van der Waals surface area contributed by atoms with Crippen LogP contribution in [-0.4, -0.2) is 66.7 Å². The Balaban J connectivity index is 1.54. The number of nitrogen functional groups attached to an aromatic ring is 1. The van der Waals surface area contributed by atoms with E-state index in [1.54, 1.807) is 48.7 Å². The number of imidazole rings is 1. The van der Waals surface area contributed by atoms with E-state index in [0.29, 0.717) is 11.2 Å². The molecule has 0 saturated heterocycles. The van der Waals surface area contributed by atoms with E-state index in [1.807, 2.05) is 6.92 Å². The number of ether oxygens (including phenoxy) is 1. The molecule has 3 aromatic rings. The third-order valence-corrected chi connectivity index (χ3v) is 8.17. The Kier molecular flexibility index (Phi) is 8.34. The molecule has 0 spiro atoms. The van der Waals surface area contributed by atoms with Gasteiger partial charge in [-0.15, -0.1) is 0 Å². The van der Waals surface area contributed by atoms with E-state index in [1.165, 1.54) is 19.6 Å². The molecular formula is C24H33N6O7P. The summed E-state index contributed by atoms with van der Waals surface area (Å²) in [5, 5.41) is 24.5. The lowest BCUT2D eigenvalue weighted by molar-refractivity contribution is -0.149. The lowest BCUT2D eigenvalue weighted by atomic mass is 9.95. The van der Waals surface area contributed by atoms with Crippen LogP contribution in [0.25, 0.3) is 11.2 Å². The second-order valence-electron chi connectivity index (χ2n) is 9.61. The molecule has 1 aliphatic carbocycles. The molecule has 0 bridgehead atoms. The van der Waals surface area contributed by atoms with E-state index >= 15 is 0 Å². The number of fused-ring (bicyclic) bond motifs is 1. The number of carbonyl (C=O) groups excluding carboxylic acids is 1. The van der Waals surface area contributed by atoms with Crippen molar-refractivity contribution in [2.24, 2.45) is 11.8 Å². The zero-order valence-electron chi connectivity index (χ0n) is 21.5. The van der Waals surface area contributed by atoms with Crippen molar-refractivity contribution in [1.82, 2.24) is 24.6 Å². The zero-order valence-corrected chi connectivity index (χ0v) is 22.4. The first-order valence-corrected chi connectivity index (χ1v) is 13.8. The Morgan fingerprint density at radius 3 is 2.55 bits per heavy atom. The minimum Gasteiger partial charge on any atom is -0.462 e. The summed E-state index contributed by atoms with van der Waals surface area (Å²) in [6, 6.07) is 6.72. The minimum atomic E-state index is -4.15. The Morgan fingerprint density at radius 2 is 1.87 bits per heavy atom. The fourth-order valence-electron chi connectivity index (χ4n) is 4.61. The van der Waals surface area contributed by atoms with Gasteiger partial charge in [-0.2, -0.15) is 5.09 Å². The molecule has 4 rings (SSSR count). The number of hydrogen-bond acceptors (Lipinski definition) is 11. The largest absolute Gasteiger partial charge is 0.462 e. The molecule has 1 aromatic carbocycles. The van der Waals surface area contributed by atoms with Crippen LogP contribution in [0.3, 0.4) is 0 Å². The summed E-state index contributed by atoms with van der Waals surface area (Å²) in [5.41, 5.74) is 6.69. The number of nitrogens with two attached hydrogens (primary N) is 1. The van der Waals surface area contributed by atoms with Crippen LogP contribution in [0.2, 0.25) is 0 Å². The highest BCUT2D eigenvalue weighted by molar-refractivity contribution is 7.52. The molecule has 5 N–H and O–H groups in total. The Morgan fingerprint density at radius 1 is 1.16 bits per heavy atom. The first kappa shape index (κ1) is 27.9. The number of para-hydroxylation sites is 1. The molecular weight excluding hydrogens is 515 g/mol. The van der Waals surface area contributed by atoms with Crippen LogP contribution in [0, 0.1) is 11.8 Å². The van der Waals surface area contributed by atoms with Gasteiger partial charge in [0.05, 0.1) is 31.2 Å². The third-order valence-electron chi connectivity index (χ3n) is 6.52. The second kappa shape index (κ2) is 11.3. The number of aliphatic hydroxyl groups excluding tert-OH is 2. The maximum Gasteiger partial charge on any atom is 0.459 e. The number of hydrogen-bond donors (Lipinski definition) is 4. The summed E-state index contributed by atoms with van der Waals surface area (Å²) in [6.45, 7) is 6.47. The van der Waals surface area contributed by atoms with E-state index in [2.05, 4.69) is 20.0 Å². The molecule has 1 fully saturated rings. The van der Waals surface area contributed by atoms with Crippen molar-refractivity contribution in [2.45, 2.75) is 58.1 Å². The molecule has 0 amide bonds. The van der Waals surface area contributed by atoms with Crippen LogP contribution >= 0.6 is 7.75 Å². The van der Waals surface area contributed by atoms with Gasteiger partial charge in [-0.05, 0) is 38.8 Å². The van der Waals surface area contributed by atoms with Crippen LogP contribution in [0.1, 0.15) is 33.7 Å². The van der Waals surface area contributed by atoms with Gasteiger partial charge >= 0.3 is 13.7 Å². The van der Waals surface area contributed by atoms with Crippen molar-refractivity contribution < 1.29 is 33.4 Å². The SMILES string of the molecule is CC(C)OC(=O)[C@H](C)N[P@](=O)(OC[C@H]1[C@H](C)[C@@H](n2cnc3c(N)ncnc32)[C@H](O)[C@@H]1O)Oc1ccccc1. The van der Waals surface area contributed by atoms with Gasteiger partial charge in [0.2, 0.25) is 0 Å². The lowest BCUT2D eigenvalue weighted by Crippen LogP contribution is -2.37. The van der Waals surface area contributed by atoms with Gasteiger partial charge in [-0.1, -0.05) is 25.1 Å². The molecule has 0 aliphatic heterocycles. The maximum absolute atomic E-state index is 13.8. The molecule has 1 saturated carbocycles. The highest BCUT2D eigenvalue weighted by Crippen LogP contribution is 2.48. The number of nitrogens with one attached hydrogen (secondary N) is 1. The molecule has 0 radical (unpaired) electrons. The number of carbonyl (C=O) groups is 1. The first-order valence-electron chi connectivity index (χ1n) is 12.3. The highest BCUT2D eigenvalue weighted by atomic mass is 31.2. The summed E-state index contributed by atoms with van der Waals surface area (Å²) in [5.74, 6) is -1.20. The van der Waals surface area contributed by atoms with Gasteiger partial charge < -0.3 is 29.8 Å². The number of aliphatic hydroxyl groups is 2. The van der Waals surface area contributed by atoms with Crippen molar-refractivity contribution in [1.29, 1.82) is 0 Å². The minimum absolute atomic E-state index is 0.199. The molecule has 7 atom stereocenters. The van der Waals surface area contributed by atoms with Crippen molar-refractivity contribution in [2.75, 3.05) is 12.3 Å². The summed E-state index contributed by atoms with van der Waals surface area (Å²) in [7, 11) is -4.15. The molecule has 38 heavy (non-hydrogen) atoms. The molecule has 2 heterocycles. The van der Waals surface area contributed by atoms with E-state index in [0.717, 1.165) is 0 Å². The standard InChI is InChI=1S/C24H33N6O7P/c1-13(2)36-24(33)15(4)29-38(34,37-16-8-6-5-7-9-16)35-10-17-14(3)19(21(32)20(17)31)30-12-28-18-22(25)26-11-27-23(18)30/h5-9,11-15,17,19-21,31-32H,10H2,1-4H3,(H,29,34)(H2,25,26,27)/t14-,15-,17-,19+,20+,21-,38-/m0/s1. The van der Waals surface area contributed by atoms with Crippen molar-refractivity contribution in [3.8, 4) is 5.75 Å². The zero-order chi connectivity index (χ0) is 27.6. The van der Waals surface area contributed by atoms with Gasteiger partial charge in [0.25, 0.3) is 0 Å². The predicted molar refractivity (Wildman–Crippen MR) is 138 cm³/mol. The summed E-state index contributed by atoms with van der Waals surface area (Å²) in [4.78, 5) is 24.8. The fraction of sp³-hybridized carbons (Fsp3) is 0.500. The molecule has 13 nitrogen and oxygen atoms in total. The number of rotatable bonds is 10. The number of aromatic nitrogens is 4. The van der Waals surface area contributed by atoms with E-state index in [4.69, 9.17) is 19.5 Å². The van der Waals surface area contributed by atoms with Crippen LogP contribution < -0.4 is 15.3 Å². The second-order valence-corrected chi connectivity index (χ2v) is 11.3. The summed E-state index contributed by atoms with van der Waals surface area (Å²) >= 11 is 0. The third kappa shape index (κ3) is 5.82. The number of esters is 1. The fourth-order valence-corrected chi connectivity index (χ4v) is 6.13. The maximum atomic E-state index is 13.8. The number of nitrogens with zero attached hydrogens (tertiary/aromatic N) is 4. The van der Waals surface area contributed by atoms with E-state index in [-0.39, 0.29) is 30.2 Å². The van der Waals surface area contributed by atoms with Crippen LogP contribution in [-0.2, 0) is 18.6 Å². The molecule has 1 aliphatic rings. The monoisotopic (exact) mass is 548 g/mol. The predicted octanol–water partition coefficient (Wildman–Crippen LogP) is 2.07. The summed E-state index contributed by atoms with van der Waals surface area (Å²) < 4.78 is 32.1.